The van der Waals surface area contributed by atoms with Crippen LogP contribution in [-0.2, 0) is 52.2 Å². The molecule has 14 atom stereocenters. The average molecular weight is 797 g/mol. The number of rotatable bonds is 14. The minimum atomic E-state index is -2.58. The number of hydrogen-bond acceptors (Lipinski definition) is 20. The Hall–Kier alpha value is -4.16. The number of aliphatic hydroxyl groups is 7. The van der Waals surface area contributed by atoms with E-state index in [2.05, 4.69) is 0 Å². The summed E-state index contributed by atoms with van der Waals surface area (Å²) in [5.41, 5.74) is 0.0467. The maximum atomic E-state index is 13.3. The summed E-state index contributed by atoms with van der Waals surface area (Å²) in [4.78, 5) is 50.1. The van der Waals surface area contributed by atoms with Crippen molar-refractivity contribution < 1.29 is 97.6 Å². The summed E-state index contributed by atoms with van der Waals surface area (Å²) in [6.07, 6.45) is -24.2. The van der Waals surface area contributed by atoms with Gasteiger partial charge in [0.05, 0.1) is 24.3 Å². The Morgan fingerprint density at radius 2 is 1.18 bits per heavy atom. The normalized spacial score (nSPS) is 35.6. The molecular formula is C36H44O20. The summed E-state index contributed by atoms with van der Waals surface area (Å²) in [6.45, 7) is -1.33. The summed E-state index contributed by atoms with van der Waals surface area (Å²) in [6, 6.07) is 15.0. The smallest absolute Gasteiger partial charge is 0.338 e. The fourth-order valence-electron chi connectivity index (χ4n) is 6.27. The van der Waals surface area contributed by atoms with Gasteiger partial charge in [0.1, 0.15) is 68.1 Å². The molecule has 20 nitrogen and oxygen atoms in total. The molecule has 0 unspecified atom stereocenters. The number of ether oxygens (including phenoxy) is 9. The molecule has 0 saturated carbocycles. The van der Waals surface area contributed by atoms with E-state index in [0.717, 1.165) is 13.8 Å². The highest BCUT2D eigenvalue weighted by molar-refractivity contribution is 5.90. The standard InChI is InChI=1S/C36H44O20/c1-17(39)48-15-23-24(41)26(43)27(44)34(51-23)53-30-28(45)29(52-32(46)19-9-5-3-6-10-19)22(14-38)50-35(30)56-36(16-49-18(2)40)31(25(42)21(13-37)55-36)54-33(47)20-11-7-4-8-12-20/h3-12,21-31,34-35,37-38,41-45H,13-16H2,1-2H3/t21-,22-,23-,24+,25-,26+,27-,28+,29+,30-,31+,34+,35-,36+/m1/s1. The molecule has 0 aromatic heterocycles. The van der Waals surface area contributed by atoms with Crippen LogP contribution in [0.5, 0.6) is 0 Å². The quantitative estimate of drug-likeness (QED) is 0.0756. The Bertz CT molecular complexity index is 1630. The van der Waals surface area contributed by atoms with Crippen molar-refractivity contribution in [1.82, 2.24) is 0 Å². The Morgan fingerprint density at radius 3 is 1.73 bits per heavy atom. The molecule has 56 heavy (non-hydrogen) atoms. The molecule has 3 aliphatic heterocycles. The van der Waals surface area contributed by atoms with Crippen molar-refractivity contribution in [1.29, 1.82) is 0 Å². The van der Waals surface area contributed by atoms with E-state index < -0.39 is 136 Å². The lowest BCUT2D eigenvalue weighted by Gasteiger charge is -2.48. The van der Waals surface area contributed by atoms with E-state index in [1.165, 1.54) is 48.5 Å². The molecule has 0 spiro atoms. The lowest BCUT2D eigenvalue weighted by atomic mass is 9.96. The lowest BCUT2D eigenvalue weighted by Crippen LogP contribution is -2.67. The molecule has 3 aliphatic rings. The van der Waals surface area contributed by atoms with Gasteiger partial charge < -0.3 is 78.4 Å². The molecule has 3 fully saturated rings. The molecule has 5 rings (SSSR count). The van der Waals surface area contributed by atoms with Crippen LogP contribution in [0.15, 0.2) is 60.7 Å². The van der Waals surface area contributed by atoms with Crippen LogP contribution in [0, 0.1) is 0 Å². The zero-order chi connectivity index (χ0) is 40.7. The van der Waals surface area contributed by atoms with Gasteiger partial charge in [0.2, 0.25) is 5.79 Å². The molecular weight excluding hydrogens is 752 g/mol. The number of benzene rings is 2. The highest BCUT2D eigenvalue weighted by Crippen LogP contribution is 2.40. The van der Waals surface area contributed by atoms with Gasteiger partial charge in [-0.25, -0.2) is 9.59 Å². The van der Waals surface area contributed by atoms with Crippen LogP contribution in [-0.4, -0.2) is 172 Å². The maximum Gasteiger partial charge on any atom is 0.338 e. The molecule has 0 aliphatic carbocycles. The SMILES string of the molecule is CC(=O)OC[C@H]1O[C@@H](O[C@H]2[C@@H](O[C@]3(COC(C)=O)O[C@H](CO)[C@@H](O)[C@@H]3OC(=O)c3ccccc3)O[C@H](CO)[C@H](OC(=O)c3ccccc3)[C@@H]2O)[C@H](O)[C@@H](O)[C@H]1O. The molecule has 0 bridgehead atoms. The number of hydrogen-bond donors (Lipinski definition) is 7. The third-order valence-corrected chi connectivity index (χ3v) is 9.15. The van der Waals surface area contributed by atoms with Crippen LogP contribution in [0.3, 0.4) is 0 Å². The number of esters is 4. The highest BCUT2D eigenvalue weighted by Gasteiger charge is 2.63. The van der Waals surface area contributed by atoms with E-state index in [1.807, 2.05) is 0 Å². The molecule has 0 radical (unpaired) electrons. The van der Waals surface area contributed by atoms with E-state index in [0.29, 0.717) is 0 Å². The predicted molar refractivity (Wildman–Crippen MR) is 180 cm³/mol. The van der Waals surface area contributed by atoms with Gasteiger partial charge in [0.15, 0.2) is 24.8 Å². The first kappa shape index (κ1) is 43.0. The van der Waals surface area contributed by atoms with Gasteiger partial charge in [-0.1, -0.05) is 36.4 Å². The Morgan fingerprint density at radius 1 is 0.625 bits per heavy atom. The van der Waals surface area contributed by atoms with Crippen molar-refractivity contribution in [3.05, 3.63) is 71.8 Å². The topological polar surface area (TPSA) is 293 Å². The fraction of sp³-hybridized carbons (Fsp3) is 0.556. The molecule has 308 valence electrons. The summed E-state index contributed by atoms with van der Waals surface area (Å²) in [5.74, 6) is -6.26. The summed E-state index contributed by atoms with van der Waals surface area (Å²) < 4.78 is 50.9. The van der Waals surface area contributed by atoms with Crippen molar-refractivity contribution in [2.45, 2.75) is 99.4 Å². The maximum absolute atomic E-state index is 13.3. The predicted octanol–water partition coefficient (Wildman–Crippen LogP) is -2.70. The van der Waals surface area contributed by atoms with Crippen LogP contribution < -0.4 is 0 Å². The highest BCUT2D eigenvalue weighted by atomic mass is 16.8. The van der Waals surface area contributed by atoms with Crippen molar-refractivity contribution in [2.24, 2.45) is 0 Å². The second kappa shape index (κ2) is 18.9. The molecule has 2 aromatic rings. The average Bonchev–Trinajstić information content (AvgIpc) is 3.45. The van der Waals surface area contributed by atoms with E-state index in [4.69, 9.17) is 42.6 Å². The fourth-order valence-corrected chi connectivity index (χ4v) is 6.27. The minimum Gasteiger partial charge on any atom is -0.463 e. The van der Waals surface area contributed by atoms with Gasteiger partial charge in [0, 0.05) is 13.8 Å². The summed E-state index contributed by atoms with van der Waals surface area (Å²) in [7, 11) is 0. The largest absolute Gasteiger partial charge is 0.463 e. The third-order valence-electron chi connectivity index (χ3n) is 9.15. The van der Waals surface area contributed by atoms with Gasteiger partial charge in [0.25, 0.3) is 0 Å². The van der Waals surface area contributed by atoms with Crippen molar-refractivity contribution >= 4 is 23.9 Å². The molecule has 20 heteroatoms. The van der Waals surface area contributed by atoms with Gasteiger partial charge in [-0.2, -0.15) is 0 Å². The Kier molecular flexibility index (Phi) is 14.5. The Balaban J connectivity index is 1.54. The minimum absolute atomic E-state index is 0.00925. The van der Waals surface area contributed by atoms with Crippen LogP contribution in [0.4, 0.5) is 0 Å². The van der Waals surface area contributed by atoms with Crippen molar-refractivity contribution in [3.8, 4) is 0 Å². The van der Waals surface area contributed by atoms with E-state index in [9.17, 15) is 54.9 Å². The first-order valence-corrected chi connectivity index (χ1v) is 17.4. The van der Waals surface area contributed by atoms with Crippen molar-refractivity contribution in [3.63, 3.8) is 0 Å². The van der Waals surface area contributed by atoms with Crippen LogP contribution >= 0.6 is 0 Å². The van der Waals surface area contributed by atoms with Crippen molar-refractivity contribution in [2.75, 3.05) is 26.4 Å². The van der Waals surface area contributed by atoms with Gasteiger partial charge in [-0.05, 0) is 24.3 Å². The van der Waals surface area contributed by atoms with Crippen LogP contribution in [0.1, 0.15) is 34.6 Å². The zero-order valence-electron chi connectivity index (χ0n) is 30.0. The van der Waals surface area contributed by atoms with E-state index in [1.54, 1.807) is 12.1 Å². The number of carbonyl (C=O) groups is 4. The zero-order valence-corrected chi connectivity index (χ0v) is 30.0. The lowest BCUT2D eigenvalue weighted by molar-refractivity contribution is -0.407. The first-order valence-electron chi connectivity index (χ1n) is 17.4. The molecule has 7 N–H and O–H groups in total. The summed E-state index contributed by atoms with van der Waals surface area (Å²) in [5, 5.41) is 75.8. The summed E-state index contributed by atoms with van der Waals surface area (Å²) >= 11 is 0. The van der Waals surface area contributed by atoms with Gasteiger partial charge in [-0.15, -0.1) is 0 Å². The molecule has 3 saturated heterocycles. The van der Waals surface area contributed by atoms with E-state index >= 15 is 0 Å². The van der Waals surface area contributed by atoms with Crippen LogP contribution in [0.2, 0.25) is 0 Å². The monoisotopic (exact) mass is 796 g/mol. The third kappa shape index (κ3) is 9.68. The number of aliphatic hydroxyl groups excluding tert-OH is 7. The molecule has 2 aromatic carbocycles. The Labute approximate surface area is 318 Å². The van der Waals surface area contributed by atoms with Crippen LogP contribution in [0.25, 0.3) is 0 Å². The first-order chi connectivity index (χ1) is 26.7. The van der Waals surface area contributed by atoms with Gasteiger partial charge >= 0.3 is 23.9 Å². The molecule has 0 amide bonds. The second-order valence-corrected chi connectivity index (χ2v) is 13.1. The molecule has 3 heterocycles. The van der Waals surface area contributed by atoms with Gasteiger partial charge in [-0.3, -0.25) is 9.59 Å². The van der Waals surface area contributed by atoms with E-state index in [-0.39, 0.29) is 11.1 Å². The number of carbonyl (C=O) groups excluding carboxylic acids is 4. The second-order valence-electron chi connectivity index (χ2n) is 13.1.